The Hall–Kier alpha value is -2.94. The lowest BCUT2D eigenvalue weighted by Gasteiger charge is -2.22. The first-order valence-electron chi connectivity index (χ1n) is 11.2. The minimum Gasteiger partial charge on any atom is -0.495 e. The van der Waals surface area contributed by atoms with Gasteiger partial charge in [0.2, 0.25) is 5.13 Å². The second-order valence-corrected chi connectivity index (χ2v) is 8.90. The number of benzene rings is 1. The van der Waals surface area contributed by atoms with Crippen LogP contribution in [0, 0.1) is 5.13 Å². The van der Waals surface area contributed by atoms with Crippen molar-refractivity contribution in [3.63, 3.8) is 0 Å². The molecule has 1 aromatic carbocycles. The maximum atomic E-state index is 14.6. The van der Waals surface area contributed by atoms with Crippen molar-refractivity contribution in [3.8, 4) is 11.3 Å². The van der Waals surface area contributed by atoms with Crippen molar-refractivity contribution < 1.29 is 22.7 Å². The van der Waals surface area contributed by atoms with Crippen molar-refractivity contribution in [2.45, 2.75) is 58.0 Å². The molecule has 0 atom stereocenters. The Bertz CT molecular complexity index is 1100. The molecule has 0 radical (unpaired) electrons. The molecule has 0 aliphatic carbocycles. The van der Waals surface area contributed by atoms with Crippen molar-refractivity contribution in [2.24, 2.45) is 0 Å². The van der Waals surface area contributed by atoms with E-state index in [9.17, 15) is 22.7 Å². The van der Waals surface area contributed by atoms with E-state index < -0.39 is 22.8 Å². The predicted octanol–water partition coefficient (Wildman–Crippen LogP) is 8.43. The van der Waals surface area contributed by atoms with Crippen molar-refractivity contribution in [2.75, 3.05) is 4.90 Å². The summed E-state index contributed by atoms with van der Waals surface area (Å²) in [6.07, 6.45) is 4.54. The molecule has 0 saturated heterocycles. The molecular formula is C25H27F4N3OS. The highest BCUT2D eigenvalue weighted by molar-refractivity contribution is 7.14. The molecular weight excluding hydrogens is 466 g/mol. The number of alkyl halides is 3. The van der Waals surface area contributed by atoms with Gasteiger partial charge in [0.15, 0.2) is 11.0 Å². The van der Waals surface area contributed by atoms with Crippen LogP contribution in [-0.2, 0) is 12.6 Å². The number of thiazole rings is 1. The van der Waals surface area contributed by atoms with E-state index in [1.54, 1.807) is 12.1 Å². The van der Waals surface area contributed by atoms with E-state index in [1.807, 2.05) is 0 Å². The van der Waals surface area contributed by atoms with Gasteiger partial charge in [-0.2, -0.15) is 17.6 Å². The number of aryl methyl sites for hydroxylation is 1. The van der Waals surface area contributed by atoms with Gasteiger partial charge >= 0.3 is 6.18 Å². The SMILES string of the molecule is C=C(O)N(c1ccc(CCCCCCCC)c(C(F)(F)F)c1)c1nc(-c2cccnc2)c(F)s1. The number of pyridine rings is 1. The normalized spacial score (nSPS) is 11.6. The molecule has 0 amide bonds. The molecule has 34 heavy (non-hydrogen) atoms. The summed E-state index contributed by atoms with van der Waals surface area (Å²) in [6.45, 7) is 5.56. The fourth-order valence-corrected chi connectivity index (χ4v) is 4.58. The summed E-state index contributed by atoms with van der Waals surface area (Å²) in [5.41, 5.74) is -0.185. The van der Waals surface area contributed by atoms with E-state index in [4.69, 9.17) is 0 Å². The van der Waals surface area contributed by atoms with Crippen LogP contribution in [0.4, 0.5) is 28.4 Å². The Labute approximate surface area is 200 Å². The van der Waals surface area contributed by atoms with Crippen molar-refractivity contribution in [1.29, 1.82) is 0 Å². The molecule has 0 aliphatic rings. The number of hydrogen-bond donors (Lipinski definition) is 1. The molecule has 4 nitrogen and oxygen atoms in total. The third-order valence-corrected chi connectivity index (χ3v) is 6.24. The van der Waals surface area contributed by atoms with Gasteiger partial charge < -0.3 is 5.11 Å². The standard InChI is InChI=1S/C25H27F4N3OS/c1-3-4-5-6-7-8-10-18-12-13-20(15-21(18)25(27,28)29)32(17(2)33)24-31-22(23(26)34-24)19-11-9-14-30-16-19/h9,11-16,33H,2-8,10H2,1H3. The second-order valence-electron chi connectivity index (χ2n) is 7.97. The first-order chi connectivity index (χ1) is 16.2. The molecule has 0 spiro atoms. The van der Waals surface area contributed by atoms with Gasteiger partial charge in [-0.25, -0.2) is 4.98 Å². The Morgan fingerprint density at radius 3 is 2.50 bits per heavy atom. The Kier molecular flexibility index (Phi) is 8.66. The molecule has 3 aromatic rings. The first kappa shape index (κ1) is 25.7. The van der Waals surface area contributed by atoms with Gasteiger partial charge in [0.25, 0.3) is 0 Å². The number of rotatable bonds is 11. The van der Waals surface area contributed by atoms with Crippen LogP contribution in [0.3, 0.4) is 0 Å². The smallest absolute Gasteiger partial charge is 0.416 e. The molecule has 3 rings (SSSR count). The maximum absolute atomic E-state index is 14.6. The highest BCUT2D eigenvalue weighted by Gasteiger charge is 2.34. The molecule has 0 bridgehead atoms. The van der Waals surface area contributed by atoms with Crippen LogP contribution in [0.5, 0.6) is 0 Å². The van der Waals surface area contributed by atoms with E-state index in [2.05, 4.69) is 23.5 Å². The van der Waals surface area contributed by atoms with E-state index in [1.165, 1.54) is 24.5 Å². The summed E-state index contributed by atoms with van der Waals surface area (Å²) in [5.74, 6) is -0.566. The monoisotopic (exact) mass is 493 g/mol. The van der Waals surface area contributed by atoms with Gasteiger partial charge in [-0.05, 0) is 49.2 Å². The van der Waals surface area contributed by atoms with E-state index >= 15 is 0 Å². The maximum Gasteiger partial charge on any atom is 0.416 e. The minimum atomic E-state index is -4.58. The van der Waals surface area contributed by atoms with Crippen molar-refractivity contribution in [3.05, 3.63) is 71.4 Å². The molecule has 0 unspecified atom stereocenters. The van der Waals surface area contributed by atoms with E-state index in [-0.39, 0.29) is 22.1 Å². The zero-order valence-electron chi connectivity index (χ0n) is 18.9. The zero-order valence-corrected chi connectivity index (χ0v) is 19.7. The van der Waals surface area contributed by atoms with Crippen LogP contribution < -0.4 is 4.90 Å². The van der Waals surface area contributed by atoms with Crippen LogP contribution in [0.15, 0.2) is 55.2 Å². The highest BCUT2D eigenvalue weighted by atomic mass is 32.1. The molecule has 1 N–H and O–H groups in total. The summed E-state index contributed by atoms with van der Waals surface area (Å²) < 4.78 is 56.3. The van der Waals surface area contributed by atoms with Crippen LogP contribution in [0.1, 0.15) is 56.6 Å². The summed E-state index contributed by atoms with van der Waals surface area (Å²) >= 11 is 0.600. The van der Waals surface area contributed by atoms with E-state index in [0.29, 0.717) is 29.7 Å². The Morgan fingerprint density at radius 2 is 1.85 bits per heavy atom. The molecule has 0 fully saturated rings. The number of aliphatic hydroxyl groups is 1. The molecule has 9 heteroatoms. The minimum absolute atomic E-state index is 0.00184. The molecule has 2 heterocycles. The lowest BCUT2D eigenvalue weighted by molar-refractivity contribution is -0.138. The number of halogens is 4. The van der Waals surface area contributed by atoms with Gasteiger partial charge in [0.1, 0.15) is 5.69 Å². The molecule has 0 saturated carbocycles. The summed E-state index contributed by atoms with van der Waals surface area (Å²) in [7, 11) is 0. The third-order valence-electron chi connectivity index (χ3n) is 5.42. The van der Waals surface area contributed by atoms with Gasteiger partial charge in [0, 0.05) is 18.0 Å². The molecule has 182 valence electrons. The second kappa shape index (κ2) is 11.5. The topological polar surface area (TPSA) is 49.2 Å². The highest BCUT2D eigenvalue weighted by Crippen LogP contribution is 2.40. The molecule has 0 aliphatic heterocycles. The number of aliphatic hydroxyl groups excluding tert-OH is 1. The van der Waals surface area contributed by atoms with Gasteiger partial charge in [-0.3, -0.25) is 9.88 Å². The zero-order chi connectivity index (χ0) is 24.7. The lowest BCUT2D eigenvalue weighted by Crippen LogP contribution is -2.17. The average molecular weight is 494 g/mol. The quantitative estimate of drug-likeness (QED) is 0.165. The Balaban J connectivity index is 1.90. The average Bonchev–Trinajstić information content (AvgIpc) is 3.17. The van der Waals surface area contributed by atoms with Crippen molar-refractivity contribution >= 4 is 22.2 Å². The first-order valence-corrected chi connectivity index (χ1v) is 12.0. The van der Waals surface area contributed by atoms with Crippen LogP contribution in [0.25, 0.3) is 11.3 Å². The summed E-state index contributed by atoms with van der Waals surface area (Å²) in [4.78, 5) is 9.15. The number of hydrogen-bond acceptors (Lipinski definition) is 5. The van der Waals surface area contributed by atoms with Crippen LogP contribution in [-0.4, -0.2) is 15.1 Å². The number of aromatic nitrogens is 2. The Morgan fingerprint density at radius 1 is 1.12 bits per heavy atom. The fraction of sp³-hybridized carbons (Fsp3) is 0.360. The number of anilines is 2. The van der Waals surface area contributed by atoms with Crippen LogP contribution in [0.2, 0.25) is 0 Å². The van der Waals surface area contributed by atoms with Gasteiger partial charge in [-0.15, -0.1) is 0 Å². The summed E-state index contributed by atoms with van der Waals surface area (Å²) in [6, 6.07) is 7.07. The van der Waals surface area contributed by atoms with Crippen molar-refractivity contribution in [1.82, 2.24) is 9.97 Å². The predicted molar refractivity (Wildman–Crippen MR) is 128 cm³/mol. The number of unbranched alkanes of at least 4 members (excludes halogenated alkanes) is 5. The number of nitrogens with zero attached hydrogens (tertiary/aromatic N) is 3. The molecule has 2 aromatic heterocycles. The third kappa shape index (κ3) is 6.34. The summed E-state index contributed by atoms with van der Waals surface area (Å²) in [5, 5.41) is 9.49. The lowest BCUT2D eigenvalue weighted by atomic mass is 9.99. The fourth-order valence-electron chi connectivity index (χ4n) is 3.72. The van der Waals surface area contributed by atoms with Gasteiger partial charge in [-0.1, -0.05) is 56.4 Å². The van der Waals surface area contributed by atoms with Crippen LogP contribution >= 0.6 is 11.3 Å². The van der Waals surface area contributed by atoms with E-state index in [0.717, 1.165) is 43.1 Å². The van der Waals surface area contributed by atoms with Gasteiger partial charge in [0.05, 0.1) is 11.3 Å². The largest absolute Gasteiger partial charge is 0.495 e.